The lowest BCUT2D eigenvalue weighted by Gasteiger charge is -2.13. The molecule has 32 heavy (non-hydrogen) atoms. The zero-order chi connectivity index (χ0) is 22.7. The van der Waals surface area contributed by atoms with Crippen molar-refractivity contribution in [2.75, 3.05) is 11.1 Å². The summed E-state index contributed by atoms with van der Waals surface area (Å²) in [5, 5.41) is 14.1. The van der Waals surface area contributed by atoms with E-state index in [9.17, 15) is 18.0 Å². The van der Waals surface area contributed by atoms with Gasteiger partial charge in [-0.05, 0) is 42.6 Å². The SMILES string of the molecule is Cc1nc(-c2cccs2)sc1-c1ccc(SCC(=O)Nc2ccccc2C(F)(F)F)nn1. The van der Waals surface area contributed by atoms with Gasteiger partial charge in [0.25, 0.3) is 0 Å². The second kappa shape index (κ2) is 9.39. The predicted molar refractivity (Wildman–Crippen MR) is 122 cm³/mol. The van der Waals surface area contributed by atoms with E-state index in [1.807, 2.05) is 24.4 Å². The van der Waals surface area contributed by atoms with E-state index in [1.165, 1.54) is 29.5 Å². The highest BCUT2D eigenvalue weighted by atomic mass is 32.2. The maximum Gasteiger partial charge on any atom is 0.418 e. The summed E-state index contributed by atoms with van der Waals surface area (Å²) in [4.78, 5) is 18.8. The van der Waals surface area contributed by atoms with Crippen LogP contribution in [0.15, 0.2) is 58.9 Å². The van der Waals surface area contributed by atoms with Crippen LogP contribution in [-0.4, -0.2) is 26.8 Å². The molecule has 0 unspecified atom stereocenters. The Bertz CT molecular complexity index is 1220. The average molecular weight is 493 g/mol. The first-order valence-electron chi connectivity index (χ1n) is 9.25. The van der Waals surface area contributed by atoms with Gasteiger partial charge in [-0.15, -0.1) is 32.9 Å². The van der Waals surface area contributed by atoms with Crippen LogP contribution in [0.25, 0.3) is 20.5 Å². The molecule has 3 aromatic heterocycles. The van der Waals surface area contributed by atoms with Crippen LogP contribution in [0.2, 0.25) is 0 Å². The zero-order valence-electron chi connectivity index (χ0n) is 16.5. The van der Waals surface area contributed by atoms with Crippen molar-refractivity contribution in [2.24, 2.45) is 0 Å². The van der Waals surface area contributed by atoms with E-state index in [0.717, 1.165) is 38.3 Å². The number of nitrogens with one attached hydrogen (secondary N) is 1. The maximum atomic E-state index is 13.1. The number of thioether (sulfide) groups is 1. The third kappa shape index (κ3) is 5.17. The number of thiophene rings is 1. The predicted octanol–water partition coefficient (Wildman–Crippen LogP) is 6.39. The maximum absolute atomic E-state index is 13.1. The normalized spacial score (nSPS) is 11.5. The summed E-state index contributed by atoms with van der Waals surface area (Å²) in [5.41, 5.74) is 0.380. The van der Waals surface area contributed by atoms with Crippen LogP contribution in [0, 0.1) is 6.92 Å². The number of rotatable bonds is 6. The van der Waals surface area contributed by atoms with Gasteiger partial charge in [0.05, 0.1) is 32.5 Å². The number of halogens is 3. The number of aromatic nitrogens is 3. The zero-order valence-corrected chi connectivity index (χ0v) is 19.0. The third-order valence-electron chi connectivity index (χ3n) is 4.26. The number of amides is 1. The Kier molecular flexibility index (Phi) is 6.58. The molecular weight excluding hydrogens is 477 g/mol. The van der Waals surface area contributed by atoms with Gasteiger partial charge in [-0.2, -0.15) is 13.2 Å². The Morgan fingerprint density at radius 3 is 2.59 bits per heavy atom. The summed E-state index contributed by atoms with van der Waals surface area (Å²) >= 11 is 4.24. The van der Waals surface area contributed by atoms with Crippen LogP contribution in [-0.2, 0) is 11.0 Å². The standard InChI is InChI=1S/C21H15F3N4OS3/c1-12-19(32-20(25-12)16-7-4-10-30-16)15-8-9-18(28-27-15)31-11-17(29)26-14-6-3-2-5-13(14)21(22,23)24/h2-10H,11H2,1H3,(H,26,29). The first kappa shape index (κ1) is 22.4. The minimum atomic E-state index is -4.55. The molecule has 0 atom stereocenters. The molecule has 11 heteroatoms. The Labute approximate surface area is 193 Å². The van der Waals surface area contributed by atoms with Crippen LogP contribution in [0.4, 0.5) is 18.9 Å². The molecule has 1 amide bonds. The van der Waals surface area contributed by atoms with E-state index in [2.05, 4.69) is 20.5 Å². The lowest BCUT2D eigenvalue weighted by Crippen LogP contribution is -2.18. The van der Waals surface area contributed by atoms with Crippen molar-refractivity contribution in [1.82, 2.24) is 15.2 Å². The van der Waals surface area contributed by atoms with Gasteiger partial charge in [-0.25, -0.2) is 4.98 Å². The molecule has 3 heterocycles. The van der Waals surface area contributed by atoms with Gasteiger partial charge in [-0.3, -0.25) is 4.79 Å². The van der Waals surface area contributed by atoms with Crippen LogP contribution in [0.1, 0.15) is 11.3 Å². The van der Waals surface area contributed by atoms with E-state index >= 15 is 0 Å². The van der Waals surface area contributed by atoms with Gasteiger partial charge in [0, 0.05) is 0 Å². The van der Waals surface area contributed by atoms with Crippen LogP contribution in [0.5, 0.6) is 0 Å². The van der Waals surface area contributed by atoms with Crippen molar-refractivity contribution in [3.63, 3.8) is 0 Å². The highest BCUT2D eigenvalue weighted by Gasteiger charge is 2.33. The van der Waals surface area contributed by atoms with E-state index in [4.69, 9.17) is 0 Å². The van der Waals surface area contributed by atoms with Crippen molar-refractivity contribution < 1.29 is 18.0 Å². The number of carbonyl (C=O) groups is 1. The molecule has 0 fully saturated rings. The van der Waals surface area contributed by atoms with Crippen molar-refractivity contribution in [3.05, 3.63) is 65.2 Å². The number of aryl methyl sites for hydroxylation is 1. The summed E-state index contributed by atoms with van der Waals surface area (Å²) in [6.07, 6.45) is -4.55. The summed E-state index contributed by atoms with van der Waals surface area (Å²) in [6, 6.07) is 12.4. The number of carbonyl (C=O) groups excluding carboxylic acids is 1. The first-order valence-corrected chi connectivity index (χ1v) is 11.9. The van der Waals surface area contributed by atoms with Gasteiger partial charge >= 0.3 is 6.18 Å². The minimum absolute atomic E-state index is 0.0949. The number of nitrogens with zero attached hydrogens (tertiary/aromatic N) is 3. The molecule has 4 rings (SSSR count). The molecule has 5 nitrogen and oxygen atoms in total. The molecule has 0 aliphatic heterocycles. The number of benzene rings is 1. The molecule has 1 N–H and O–H groups in total. The summed E-state index contributed by atoms with van der Waals surface area (Å²) in [7, 11) is 0. The third-order valence-corrected chi connectivity index (χ3v) is 7.40. The minimum Gasteiger partial charge on any atom is -0.325 e. The molecule has 0 saturated heterocycles. The van der Waals surface area contributed by atoms with E-state index in [1.54, 1.807) is 23.5 Å². The van der Waals surface area contributed by atoms with Crippen molar-refractivity contribution >= 4 is 46.0 Å². The molecule has 0 bridgehead atoms. The number of hydrogen-bond donors (Lipinski definition) is 1. The number of hydrogen-bond acceptors (Lipinski definition) is 7. The smallest absolute Gasteiger partial charge is 0.325 e. The quantitative estimate of drug-likeness (QED) is 0.316. The number of thiazole rings is 1. The van der Waals surface area contributed by atoms with Gasteiger partial charge < -0.3 is 5.32 Å². The van der Waals surface area contributed by atoms with Crippen molar-refractivity contribution in [2.45, 2.75) is 18.1 Å². The molecule has 0 saturated carbocycles. The molecule has 164 valence electrons. The largest absolute Gasteiger partial charge is 0.418 e. The Morgan fingerprint density at radius 1 is 1.09 bits per heavy atom. The highest BCUT2D eigenvalue weighted by Crippen LogP contribution is 2.36. The van der Waals surface area contributed by atoms with E-state index < -0.39 is 17.6 Å². The summed E-state index contributed by atoms with van der Waals surface area (Å²) in [5.74, 6) is -0.654. The van der Waals surface area contributed by atoms with Crippen LogP contribution >= 0.6 is 34.4 Å². The molecule has 0 radical (unpaired) electrons. The molecule has 0 aliphatic carbocycles. The van der Waals surface area contributed by atoms with E-state index in [0.29, 0.717) is 10.7 Å². The van der Waals surface area contributed by atoms with Gasteiger partial charge in [0.15, 0.2) is 0 Å². The fourth-order valence-corrected chi connectivity index (χ4v) is 5.26. The highest BCUT2D eigenvalue weighted by molar-refractivity contribution is 7.99. The van der Waals surface area contributed by atoms with Crippen molar-refractivity contribution in [1.29, 1.82) is 0 Å². The average Bonchev–Trinajstić information content (AvgIpc) is 3.42. The second-order valence-corrected chi connectivity index (χ2v) is 9.49. The van der Waals surface area contributed by atoms with Gasteiger partial charge in [0.1, 0.15) is 15.7 Å². The van der Waals surface area contributed by atoms with Crippen LogP contribution in [0.3, 0.4) is 0 Å². The first-order chi connectivity index (χ1) is 15.3. The molecule has 4 aromatic rings. The monoisotopic (exact) mass is 492 g/mol. The topological polar surface area (TPSA) is 67.8 Å². The van der Waals surface area contributed by atoms with Gasteiger partial charge in [0.2, 0.25) is 5.91 Å². The van der Waals surface area contributed by atoms with Crippen molar-refractivity contribution in [3.8, 4) is 20.5 Å². The fourth-order valence-electron chi connectivity index (χ4n) is 2.82. The summed E-state index contributed by atoms with van der Waals surface area (Å²) in [6.45, 7) is 1.91. The lowest BCUT2D eigenvalue weighted by molar-refractivity contribution is -0.137. The number of alkyl halides is 3. The Morgan fingerprint density at radius 2 is 1.91 bits per heavy atom. The van der Waals surface area contributed by atoms with E-state index in [-0.39, 0.29) is 11.4 Å². The number of anilines is 1. The number of para-hydroxylation sites is 1. The molecule has 1 aromatic carbocycles. The second-order valence-electron chi connectivity index (χ2n) is 6.55. The van der Waals surface area contributed by atoms with Crippen LogP contribution < -0.4 is 5.32 Å². The molecule has 0 spiro atoms. The lowest BCUT2D eigenvalue weighted by atomic mass is 10.1. The van der Waals surface area contributed by atoms with Gasteiger partial charge in [-0.1, -0.05) is 30.0 Å². The molecular formula is C21H15F3N4OS3. The summed E-state index contributed by atoms with van der Waals surface area (Å²) < 4.78 is 39.2. The Balaban J connectivity index is 1.40. The Hall–Kier alpha value is -2.76. The fraction of sp³-hybridized carbons (Fsp3) is 0.143. The molecule has 0 aliphatic rings.